The van der Waals surface area contributed by atoms with E-state index in [0.717, 1.165) is 11.3 Å². The van der Waals surface area contributed by atoms with Crippen LogP contribution in [0.2, 0.25) is 0 Å². The van der Waals surface area contributed by atoms with Gasteiger partial charge >= 0.3 is 0 Å². The monoisotopic (exact) mass is 416 g/mol. The second kappa shape index (κ2) is 7.64. The van der Waals surface area contributed by atoms with Crippen LogP contribution in [0.25, 0.3) is 0 Å². The molecule has 31 heavy (non-hydrogen) atoms. The number of rotatable bonds is 1. The lowest BCUT2D eigenvalue weighted by atomic mass is 10.0. The van der Waals surface area contributed by atoms with Gasteiger partial charge in [-0.3, -0.25) is 24.3 Å². The topological polar surface area (TPSA) is 87.9 Å². The molecule has 2 aromatic heterocycles. The van der Waals surface area contributed by atoms with Crippen molar-refractivity contribution in [1.82, 2.24) is 14.6 Å². The number of fused-ring (bicyclic) bond motifs is 5. The van der Waals surface area contributed by atoms with Crippen LogP contribution in [0.15, 0.2) is 77.9 Å². The van der Waals surface area contributed by atoms with Crippen LogP contribution in [0.1, 0.15) is 27.8 Å². The van der Waals surface area contributed by atoms with Crippen LogP contribution in [0, 0.1) is 0 Å². The van der Waals surface area contributed by atoms with Gasteiger partial charge in [-0.05, 0) is 24.3 Å². The Kier molecular flexibility index (Phi) is 4.66. The molecule has 156 valence electrons. The molecule has 5 rings (SSSR count). The number of nitrogens with zero attached hydrogens (tertiary/aromatic N) is 4. The zero-order valence-electron chi connectivity index (χ0n) is 16.6. The lowest BCUT2D eigenvalue weighted by molar-refractivity contribution is 0.0701. The zero-order chi connectivity index (χ0) is 21.4. The Morgan fingerprint density at radius 3 is 2.71 bits per heavy atom. The summed E-state index contributed by atoms with van der Waals surface area (Å²) >= 11 is 0. The van der Waals surface area contributed by atoms with Crippen LogP contribution in [0.5, 0.6) is 11.5 Å². The quantitative estimate of drug-likeness (QED) is 0.611. The first kappa shape index (κ1) is 18.9. The average Bonchev–Trinajstić information content (AvgIpc) is 2.82. The molecule has 0 saturated heterocycles. The maximum absolute atomic E-state index is 13.1. The van der Waals surface area contributed by atoms with Crippen LogP contribution in [0.3, 0.4) is 0 Å². The number of carbonyl (C=O) groups excluding carboxylic acids is 1. The predicted molar refractivity (Wildman–Crippen MR) is 114 cm³/mol. The zero-order valence-corrected chi connectivity index (χ0v) is 16.6. The van der Waals surface area contributed by atoms with Crippen molar-refractivity contribution in [3.63, 3.8) is 0 Å². The Balaban J connectivity index is 1.80. The maximum atomic E-state index is 13.1. The van der Waals surface area contributed by atoms with Crippen LogP contribution in [-0.2, 0) is 0 Å². The molecule has 3 aromatic rings. The number of amides is 1. The Morgan fingerprint density at radius 1 is 1.03 bits per heavy atom. The third-order valence-corrected chi connectivity index (χ3v) is 5.44. The highest BCUT2D eigenvalue weighted by molar-refractivity contribution is 5.96. The van der Waals surface area contributed by atoms with Crippen molar-refractivity contribution < 1.29 is 14.6 Å². The summed E-state index contributed by atoms with van der Waals surface area (Å²) < 4.78 is 7.57. The summed E-state index contributed by atoms with van der Waals surface area (Å²) in [5.41, 5.74) is 0.934. The van der Waals surface area contributed by atoms with E-state index in [0.29, 0.717) is 18.9 Å². The molecule has 0 aliphatic carbocycles. The summed E-state index contributed by atoms with van der Waals surface area (Å²) in [6, 6.07) is 14.1. The molecule has 1 atom stereocenters. The minimum atomic E-state index is -0.598. The fourth-order valence-corrected chi connectivity index (χ4v) is 3.99. The summed E-state index contributed by atoms with van der Waals surface area (Å²) in [4.78, 5) is 31.4. The molecule has 0 radical (unpaired) electrons. The molecule has 1 amide bonds. The minimum Gasteiger partial charge on any atom is -0.502 e. The molecule has 2 bridgehead atoms. The molecule has 0 unspecified atom stereocenters. The molecular formula is C23H20N4O4. The first-order valence-electron chi connectivity index (χ1n) is 9.93. The number of aromatic hydroxyl groups is 1. The molecule has 0 spiro atoms. The van der Waals surface area contributed by atoms with E-state index in [1.54, 1.807) is 15.8 Å². The van der Waals surface area contributed by atoms with Gasteiger partial charge in [0, 0.05) is 30.6 Å². The van der Waals surface area contributed by atoms with E-state index in [1.807, 2.05) is 59.6 Å². The van der Waals surface area contributed by atoms with Gasteiger partial charge in [-0.2, -0.15) is 0 Å². The fraction of sp³-hybridized carbons (Fsp3) is 0.174. The van der Waals surface area contributed by atoms with Crippen molar-refractivity contribution in [3.05, 3.63) is 100 Å². The van der Waals surface area contributed by atoms with Gasteiger partial charge in [0.15, 0.2) is 11.4 Å². The first-order valence-corrected chi connectivity index (χ1v) is 9.93. The number of ether oxygens (including phenoxy) is 1. The van der Waals surface area contributed by atoms with Gasteiger partial charge in [0.25, 0.3) is 5.91 Å². The van der Waals surface area contributed by atoms with Crippen LogP contribution < -0.4 is 15.2 Å². The largest absolute Gasteiger partial charge is 0.502 e. The number of carbonyl (C=O) groups is 1. The number of para-hydroxylation sites is 1. The molecule has 1 N–H and O–H groups in total. The van der Waals surface area contributed by atoms with Crippen molar-refractivity contribution in [2.24, 2.45) is 0 Å². The highest BCUT2D eigenvalue weighted by atomic mass is 16.5. The van der Waals surface area contributed by atoms with Crippen molar-refractivity contribution in [3.8, 4) is 11.5 Å². The lowest BCUT2D eigenvalue weighted by Gasteiger charge is -2.43. The predicted octanol–water partition coefficient (Wildman–Crippen LogP) is 2.04. The van der Waals surface area contributed by atoms with Gasteiger partial charge in [-0.1, -0.05) is 30.3 Å². The van der Waals surface area contributed by atoms with Gasteiger partial charge in [-0.25, -0.2) is 0 Å². The third-order valence-electron chi connectivity index (χ3n) is 5.44. The molecule has 0 fully saturated rings. The van der Waals surface area contributed by atoms with Crippen molar-refractivity contribution in [1.29, 1.82) is 0 Å². The summed E-state index contributed by atoms with van der Waals surface area (Å²) in [6.07, 6.45) is 6.92. The molecule has 8 nitrogen and oxygen atoms in total. The molecule has 2 aliphatic rings. The second-order valence-corrected chi connectivity index (χ2v) is 7.31. The van der Waals surface area contributed by atoms with Gasteiger partial charge in [0.05, 0.1) is 5.69 Å². The number of hydrogen-bond donors (Lipinski definition) is 1. The Bertz CT molecular complexity index is 1220. The van der Waals surface area contributed by atoms with Crippen LogP contribution in [0.4, 0.5) is 0 Å². The lowest BCUT2D eigenvalue weighted by Crippen LogP contribution is -2.55. The Morgan fingerprint density at radius 2 is 1.87 bits per heavy atom. The highest BCUT2D eigenvalue weighted by Gasteiger charge is 2.37. The van der Waals surface area contributed by atoms with E-state index in [9.17, 15) is 14.7 Å². The summed E-state index contributed by atoms with van der Waals surface area (Å²) in [5.74, 6) is -0.283. The van der Waals surface area contributed by atoms with Crippen LogP contribution >= 0.6 is 0 Å². The molecule has 8 heteroatoms. The van der Waals surface area contributed by atoms with E-state index in [-0.39, 0.29) is 12.4 Å². The minimum absolute atomic E-state index is 0.0641. The van der Waals surface area contributed by atoms with Gasteiger partial charge in [0.1, 0.15) is 25.1 Å². The second-order valence-electron chi connectivity index (χ2n) is 7.31. The number of aromatic nitrogens is 2. The van der Waals surface area contributed by atoms with E-state index in [2.05, 4.69) is 4.98 Å². The summed E-state index contributed by atoms with van der Waals surface area (Å²) in [7, 11) is 0. The standard InChI is InChI=1S/C23H20N4O4/c28-18-10-13-26-21(22(18)29)23(30)25-12-5-6-14-31-19-9-2-1-7-16(19)20(27(26)15-25)17-8-3-4-11-24-17/h1-11,13,20,29H,12,14-15H2/b6-5-/t20-/m1/s1. The normalized spacial score (nSPS) is 19.0. The summed E-state index contributed by atoms with van der Waals surface area (Å²) in [5, 5.41) is 12.4. The Hall–Kier alpha value is -4.07. The number of hydrogen-bond acceptors (Lipinski definition) is 6. The highest BCUT2D eigenvalue weighted by Crippen LogP contribution is 2.36. The van der Waals surface area contributed by atoms with Gasteiger partial charge < -0.3 is 14.7 Å². The smallest absolute Gasteiger partial charge is 0.278 e. The van der Waals surface area contributed by atoms with Gasteiger partial charge in [-0.15, -0.1) is 0 Å². The van der Waals surface area contributed by atoms with E-state index in [1.165, 1.54) is 12.3 Å². The van der Waals surface area contributed by atoms with Crippen LogP contribution in [-0.4, -0.2) is 45.4 Å². The fourth-order valence-electron chi connectivity index (χ4n) is 3.99. The van der Waals surface area contributed by atoms with Crippen molar-refractivity contribution in [2.45, 2.75) is 6.04 Å². The third kappa shape index (κ3) is 3.22. The Labute approximate surface area is 178 Å². The van der Waals surface area contributed by atoms with Crippen molar-refractivity contribution >= 4 is 5.91 Å². The molecular weight excluding hydrogens is 396 g/mol. The number of benzene rings is 1. The number of pyridine rings is 2. The first-order chi connectivity index (χ1) is 15.1. The average molecular weight is 416 g/mol. The van der Waals surface area contributed by atoms with Crippen molar-refractivity contribution in [2.75, 3.05) is 24.8 Å². The maximum Gasteiger partial charge on any atom is 0.278 e. The molecule has 2 aliphatic heterocycles. The SMILES string of the molecule is O=C1c2c(O)c(=O)ccn2N2CN1C/C=C\COc1ccccc1[C@@H]2c1ccccn1. The molecule has 1 aromatic carbocycles. The van der Waals surface area contributed by atoms with E-state index >= 15 is 0 Å². The molecule has 0 saturated carbocycles. The van der Waals surface area contributed by atoms with E-state index < -0.39 is 23.1 Å². The van der Waals surface area contributed by atoms with E-state index in [4.69, 9.17) is 4.74 Å². The molecule has 4 heterocycles. The summed E-state index contributed by atoms with van der Waals surface area (Å²) in [6.45, 7) is 0.893. The van der Waals surface area contributed by atoms with Gasteiger partial charge in [0.2, 0.25) is 5.43 Å².